The average molecular weight is 524 g/mol. The summed E-state index contributed by atoms with van der Waals surface area (Å²) in [5.74, 6) is -0.941. The number of hydrogen-bond donors (Lipinski definition) is 2. The maximum atomic E-state index is 13.6. The van der Waals surface area contributed by atoms with Crippen LogP contribution < -0.4 is 24.3 Å². The van der Waals surface area contributed by atoms with Crippen molar-refractivity contribution in [2.45, 2.75) is 43.1 Å². The Balaban J connectivity index is 1.29. The number of carboxylic acid groups (broad SMARTS) is 1. The molecule has 1 aliphatic carbocycles. The van der Waals surface area contributed by atoms with Crippen LogP contribution in [-0.4, -0.2) is 35.4 Å². The first kappa shape index (κ1) is 24.0. The van der Waals surface area contributed by atoms with Gasteiger partial charge in [-0.3, -0.25) is 4.79 Å². The first-order chi connectivity index (χ1) is 18.2. The Hall–Kier alpha value is -4.41. The lowest BCUT2D eigenvalue weighted by atomic mass is 9.91. The van der Waals surface area contributed by atoms with Gasteiger partial charge in [0.25, 0.3) is 0 Å². The number of carbonyl (C=O) groups excluding carboxylic acids is 1. The number of nitrogens with zero attached hydrogens (tertiary/aromatic N) is 1. The molecule has 3 aliphatic rings. The number of carbonyl (C=O) groups is 2. The average Bonchev–Trinajstić information content (AvgIpc) is 3.65. The number of amides is 1. The predicted molar refractivity (Wildman–Crippen MR) is 127 cm³/mol. The number of fused-ring (bicyclic) bond motifs is 2. The molecule has 196 valence electrons. The Labute approximate surface area is 215 Å². The monoisotopic (exact) mass is 524 g/mol. The summed E-state index contributed by atoms with van der Waals surface area (Å²) < 4.78 is 47.4. The molecular formula is C27H22F2N2O7. The zero-order valence-corrected chi connectivity index (χ0v) is 20.1. The summed E-state index contributed by atoms with van der Waals surface area (Å²) in [5, 5.41) is 12.5. The van der Waals surface area contributed by atoms with E-state index in [0.29, 0.717) is 41.8 Å². The topological polar surface area (TPSA) is 116 Å². The highest BCUT2D eigenvalue weighted by Crippen LogP contribution is 2.52. The maximum Gasteiger partial charge on any atom is 0.586 e. The van der Waals surface area contributed by atoms with Crippen LogP contribution in [0.25, 0.3) is 0 Å². The van der Waals surface area contributed by atoms with Crippen LogP contribution in [0.4, 0.5) is 8.78 Å². The van der Waals surface area contributed by atoms with Gasteiger partial charge >= 0.3 is 12.3 Å². The van der Waals surface area contributed by atoms with Gasteiger partial charge in [-0.2, -0.15) is 4.98 Å². The van der Waals surface area contributed by atoms with Crippen LogP contribution in [-0.2, 0) is 10.2 Å². The zero-order chi connectivity index (χ0) is 26.7. The second kappa shape index (κ2) is 8.57. The Kier molecular flexibility index (Phi) is 5.41. The molecule has 1 fully saturated rings. The second-order valence-electron chi connectivity index (χ2n) is 9.46. The minimum Gasteiger partial charge on any atom is -0.481 e. The van der Waals surface area contributed by atoms with Gasteiger partial charge in [-0.1, -0.05) is 18.2 Å². The van der Waals surface area contributed by atoms with Crippen molar-refractivity contribution in [3.05, 3.63) is 76.9 Å². The zero-order valence-electron chi connectivity index (χ0n) is 20.1. The number of rotatable bonds is 6. The fourth-order valence-corrected chi connectivity index (χ4v) is 4.96. The van der Waals surface area contributed by atoms with Crippen LogP contribution in [0.2, 0.25) is 0 Å². The number of halogens is 2. The lowest BCUT2D eigenvalue weighted by Gasteiger charge is -2.33. The number of carboxylic acids is 1. The Bertz CT molecular complexity index is 1460. The molecule has 1 amide bonds. The molecule has 38 heavy (non-hydrogen) atoms. The van der Waals surface area contributed by atoms with Gasteiger partial charge in [-0.25, -0.2) is 4.79 Å². The van der Waals surface area contributed by atoms with Gasteiger partial charge in [-0.05, 0) is 54.3 Å². The highest BCUT2D eigenvalue weighted by molar-refractivity contribution is 5.92. The number of aromatic nitrogens is 1. The van der Waals surface area contributed by atoms with Gasteiger partial charge in [0, 0.05) is 18.1 Å². The van der Waals surface area contributed by atoms with Crippen LogP contribution in [0, 0.1) is 0 Å². The van der Waals surface area contributed by atoms with Gasteiger partial charge < -0.3 is 29.4 Å². The summed E-state index contributed by atoms with van der Waals surface area (Å²) in [6.07, 6.45) is -2.94. The van der Waals surface area contributed by atoms with Crippen molar-refractivity contribution in [3.8, 4) is 23.3 Å². The van der Waals surface area contributed by atoms with E-state index >= 15 is 0 Å². The van der Waals surface area contributed by atoms with E-state index in [0.717, 1.165) is 0 Å². The van der Waals surface area contributed by atoms with Crippen LogP contribution in [0.5, 0.6) is 23.3 Å². The number of alkyl halides is 2. The molecule has 1 aromatic heterocycles. The fraction of sp³-hybridized carbons (Fsp3) is 0.296. The molecule has 2 aliphatic heterocycles. The number of benzene rings is 2. The quantitative estimate of drug-likeness (QED) is 0.484. The fourth-order valence-electron chi connectivity index (χ4n) is 4.96. The molecule has 3 aromatic rings. The van der Waals surface area contributed by atoms with Crippen LogP contribution in [0.1, 0.15) is 58.5 Å². The summed E-state index contributed by atoms with van der Waals surface area (Å²) >= 11 is 0. The van der Waals surface area contributed by atoms with Crippen molar-refractivity contribution >= 4 is 11.9 Å². The molecule has 2 N–H and O–H groups in total. The van der Waals surface area contributed by atoms with Crippen molar-refractivity contribution in [1.29, 1.82) is 0 Å². The third-order valence-corrected chi connectivity index (χ3v) is 7.10. The summed E-state index contributed by atoms with van der Waals surface area (Å²) in [5.41, 5.74) is 1.04. The largest absolute Gasteiger partial charge is 0.586 e. The summed E-state index contributed by atoms with van der Waals surface area (Å²) in [7, 11) is 1.47. The molecule has 6 rings (SSSR count). The van der Waals surface area contributed by atoms with E-state index in [-0.39, 0.29) is 28.8 Å². The normalized spacial score (nSPS) is 21.6. The van der Waals surface area contributed by atoms with Gasteiger partial charge in [0.05, 0.1) is 24.1 Å². The molecule has 11 heteroatoms. The van der Waals surface area contributed by atoms with E-state index in [1.165, 1.54) is 31.4 Å². The second-order valence-corrected chi connectivity index (χ2v) is 9.46. The van der Waals surface area contributed by atoms with E-state index in [1.54, 1.807) is 30.3 Å². The standard InChI is InChI=1S/C27H22F2N2O7/c1-35-22-8-6-17-18(13-20(36-23(17)31-22)14-3-2-4-15(11-14)24(32)33)30-25(34)26(9-10-26)16-5-7-19-21(12-16)38-27(28,29)37-19/h2-8,11-12,18,20H,9-10,13H2,1H3,(H,30,34)(H,32,33)/t18-,20+/m0/s1. The van der Waals surface area contributed by atoms with E-state index in [2.05, 4.69) is 19.8 Å². The highest BCUT2D eigenvalue weighted by Gasteiger charge is 2.53. The van der Waals surface area contributed by atoms with Crippen molar-refractivity contribution in [2.75, 3.05) is 7.11 Å². The lowest BCUT2D eigenvalue weighted by molar-refractivity contribution is -0.286. The van der Waals surface area contributed by atoms with E-state index in [4.69, 9.17) is 9.47 Å². The molecule has 3 heterocycles. The SMILES string of the molecule is COc1ccc2c(n1)O[C@@H](c1cccc(C(=O)O)c1)C[C@@H]2NC(=O)C1(c2ccc3c(c2)OC(F)(F)O3)CC1. The molecule has 0 bridgehead atoms. The first-order valence-electron chi connectivity index (χ1n) is 11.9. The van der Waals surface area contributed by atoms with Crippen molar-refractivity contribution in [2.24, 2.45) is 0 Å². The molecule has 9 nitrogen and oxygen atoms in total. The van der Waals surface area contributed by atoms with E-state index in [1.807, 2.05) is 0 Å². The van der Waals surface area contributed by atoms with Gasteiger partial charge in [0.2, 0.25) is 17.7 Å². The number of hydrogen-bond acceptors (Lipinski definition) is 7. The van der Waals surface area contributed by atoms with Crippen LogP contribution in [0.3, 0.4) is 0 Å². The van der Waals surface area contributed by atoms with Gasteiger partial charge in [-0.15, -0.1) is 8.78 Å². The summed E-state index contributed by atoms with van der Waals surface area (Å²) in [6.45, 7) is 0. The lowest BCUT2D eigenvalue weighted by Crippen LogP contribution is -2.39. The molecule has 0 radical (unpaired) electrons. The maximum absolute atomic E-state index is 13.6. The van der Waals surface area contributed by atoms with Gasteiger partial charge in [0.15, 0.2) is 11.5 Å². The molecule has 1 saturated carbocycles. The molecule has 0 saturated heterocycles. The van der Waals surface area contributed by atoms with Gasteiger partial charge in [0.1, 0.15) is 6.10 Å². The Morgan fingerprint density at radius 2 is 1.87 bits per heavy atom. The Morgan fingerprint density at radius 1 is 1.08 bits per heavy atom. The minimum atomic E-state index is -3.74. The first-order valence-corrected chi connectivity index (χ1v) is 11.9. The molecular weight excluding hydrogens is 502 g/mol. The number of methoxy groups -OCH3 is 1. The molecule has 0 spiro atoms. The highest BCUT2D eigenvalue weighted by atomic mass is 19.3. The van der Waals surface area contributed by atoms with Crippen molar-refractivity contribution in [1.82, 2.24) is 10.3 Å². The predicted octanol–water partition coefficient (Wildman–Crippen LogP) is 4.52. The smallest absolute Gasteiger partial charge is 0.481 e. The summed E-state index contributed by atoms with van der Waals surface area (Å²) in [6, 6.07) is 13.7. The third kappa shape index (κ3) is 4.13. The molecule has 2 aromatic carbocycles. The summed E-state index contributed by atoms with van der Waals surface area (Å²) in [4.78, 5) is 29.5. The Morgan fingerprint density at radius 3 is 2.61 bits per heavy atom. The van der Waals surface area contributed by atoms with E-state index in [9.17, 15) is 23.5 Å². The third-order valence-electron chi connectivity index (χ3n) is 7.10. The molecule has 2 atom stereocenters. The van der Waals surface area contributed by atoms with E-state index < -0.39 is 29.8 Å². The number of aromatic carboxylic acids is 1. The number of pyridine rings is 1. The number of nitrogens with one attached hydrogen (secondary N) is 1. The van der Waals surface area contributed by atoms with Crippen molar-refractivity contribution in [3.63, 3.8) is 0 Å². The van der Waals surface area contributed by atoms with Crippen molar-refractivity contribution < 1.29 is 42.4 Å². The van der Waals surface area contributed by atoms with Crippen LogP contribution in [0.15, 0.2) is 54.6 Å². The minimum absolute atomic E-state index is 0.0835. The molecule has 0 unspecified atom stereocenters. The van der Waals surface area contributed by atoms with Crippen LogP contribution >= 0.6 is 0 Å². The number of ether oxygens (including phenoxy) is 4.